The SMILES string of the molecule is COCCNC(=O)c1ccccc1NC(=O)c1ncn[nH]1. The Morgan fingerprint density at radius 1 is 1.29 bits per heavy atom. The van der Waals surface area contributed by atoms with Crippen molar-refractivity contribution in [3.05, 3.63) is 42.0 Å². The second kappa shape index (κ2) is 7.15. The molecule has 0 atom stereocenters. The zero-order chi connectivity index (χ0) is 15.1. The summed E-state index contributed by atoms with van der Waals surface area (Å²) in [5, 5.41) is 11.4. The number of aromatic amines is 1. The van der Waals surface area contributed by atoms with Crippen molar-refractivity contribution < 1.29 is 14.3 Å². The van der Waals surface area contributed by atoms with Crippen molar-refractivity contribution in [2.45, 2.75) is 0 Å². The molecule has 0 saturated heterocycles. The lowest BCUT2D eigenvalue weighted by atomic mass is 10.1. The molecule has 0 radical (unpaired) electrons. The van der Waals surface area contributed by atoms with Crippen molar-refractivity contribution in [2.24, 2.45) is 0 Å². The Morgan fingerprint density at radius 2 is 2.10 bits per heavy atom. The van der Waals surface area contributed by atoms with Crippen LogP contribution in [0.1, 0.15) is 21.0 Å². The number of amides is 2. The quantitative estimate of drug-likeness (QED) is 0.668. The topological polar surface area (TPSA) is 109 Å². The number of rotatable bonds is 6. The van der Waals surface area contributed by atoms with Gasteiger partial charge >= 0.3 is 0 Å². The fourth-order valence-electron chi connectivity index (χ4n) is 1.65. The molecular weight excluding hydrogens is 274 g/mol. The minimum Gasteiger partial charge on any atom is -0.383 e. The highest BCUT2D eigenvalue weighted by Crippen LogP contribution is 2.15. The van der Waals surface area contributed by atoms with Gasteiger partial charge in [0.15, 0.2) is 0 Å². The second-order valence-electron chi connectivity index (χ2n) is 4.08. The first-order valence-electron chi connectivity index (χ1n) is 6.25. The third-order valence-electron chi connectivity index (χ3n) is 2.64. The van der Waals surface area contributed by atoms with Crippen LogP contribution in [0.3, 0.4) is 0 Å². The third kappa shape index (κ3) is 3.86. The molecule has 0 spiro atoms. The van der Waals surface area contributed by atoms with Crippen molar-refractivity contribution in [3.63, 3.8) is 0 Å². The van der Waals surface area contributed by atoms with Gasteiger partial charge in [0, 0.05) is 13.7 Å². The molecule has 2 rings (SSSR count). The average Bonchev–Trinajstić information content (AvgIpc) is 3.02. The van der Waals surface area contributed by atoms with Gasteiger partial charge in [-0.15, -0.1) is 0 Å². The molecule has 0 aliphatic carbocycles. The molecule has 8 heteroatoms. The number of nitrogens with one attached hydrogen (secondary N) is 3. The van der Waals surface area contributed by atoms with E-state index < -0.39 is 5.91 Å². The van der Waals surface area contributed by atoms with Crippen LogP contribution in [0.5, 0.6) is 0 Å². The molecule has 1 aromatic heterocycles. The molecule has 0 unspecified atom stereocenters. The summed E-state index contributed by atoms with van der Waals surface area (Å²) in [6.07, 6.45) is 1.23. The van der Waals surface area contributed by atoms with Crippen molar-refractivity contribution in [3.8, 4) is 0 Å². The van der Waals surface area contributed by atoms with E-state index in [4.69, 9.17) is 4.74 Å². The smallest absolute Gasteiger partial charge is 0.293 e. The van der Waals surface area contributed by atoms with E-state index >= 15 is 0 Å². The van der Waals surface area contributed by atoms with E-state index in [0.29, 0.717) is 24.4 Å². The number of aromatic nitrogens is 3. The maximum absolute atomic E-state index is 12.1. The molecule has 1 aromatic carbocycles. The molecule has 1 heterocycles. The van der Waals surface area contributed by atoms with Crippen LogP contribution in [0.2, 0.25) is 0 Å². The minimum absolute atomic E-state index is 0.0737. The summed E-state index contributed by atoms with van der Waals surface area (Å²) in [5.74, 6) is -0.685. The Kier molecular flexibility index (Phi) is 4.99. The van der Waals surface area contributed by atoms with Gasteiger partial charge in [-0.2, -0.15) is 5.10 Å². The summed E-state index contributed by atoms with van der Waals surface area (Å²) in [6.45, 7) is 0.804. The van der Waals surface area contributed by atoms with Gasteiger partial charge in [-0.25, -0.2) is 4.98 Å². The molecule has 0 aliphatic heterocycles. The van der Waals surface area contributed by atoms with E-state index in [2.05, 4.69) is 25.8 Å². The van der Waals surface area contributed by atoms with Crippen LogP contribution in [0.4, 0.5) is 5.69 Å². The molecule has 0 fully saturated rings. The van der Waals surface area contributed by atoms with Gasteiger partial charge in [0.05, 0.1) is 17.9 Å². The normalized spacial score (nSPS) is 10.1. The molecule has 8 nitrogen and oxygen atoms in total. The Balaban J connectivity index is 2.09. The summed E-state index contributed by atoms with van der Waals surface area (Å²) in [6, 6.07) is 6.70. The standard InChI is InChI=1S/C13H15N5O3/c1-21-7-6-14-12(19)9-4-2-3-5-10(9)17-13(20)11-15-8-16-18-11/h2-5,8H,6-7H2,1H3,(H,14,19)(H,17,20)(H,15,16,18). The average molecular weight is 289 g/mol. The first-order valence-corrected chi connectivity index (χ1v) is 6.25. The number of methoxy groups -OCH3 is 1. The number of carbonyl (C=O) groups excluding carboxylic acids is 2. The predicted octanol–water partition coefficient (Wildman–Crippen LogP) is 0.433. The summed E-state index contributed by atoms with van der Waals surface area (Å²) in [7, 11) is 1.55. The summed E-state index contributed by atoms with van der Waals surface area (Å²) < 4.78 is 4.87. The van der Waals surface area contributed by atoms with Gasteiger partial charge in [0.2, 0.25) is 5.82 Å². The van der Waals surface area contributed by atoms with E-state index in [-0.39, 0.29) is 11.7 Å². The number of nitrogens with zero attached hydrogens (tertiary/aromatic N) is 2. The van der Waals surface area contributed by atoms with E-state index in [1.165, 1.54) is 6.33 Å². The predicted molar refractivity (Wildman–Crippen MR) is 75.0 cm³/mol. The fraction of sp³-hybridized carbons (Fsp3) is 0.231. The molecule has 0 saturated carbocycles. The van der Waals surface area contributed by atoms with E-state index in [0.717, 1.165) is 0 Å². The lowest BCUT2D eigenvalue weighted by molar-refractivity contribution is 0.0938. The fourth-order valence-corrected chi connectivity index (χ4v) is 1.65. The van der Waals surface area contributed by atoms with Crippen molar-refractivity contribution in [2.75, 3.05) is 25.6 Å². The Morgan fingerprint density at radius 3 is 2.81 bits per heavy atom. The van der Waals surface area contributed by atoms with Crippen LogP contribution >= 0.6 is 0 Å². The van der Waals surface area contributed by atoms with Crippen LogP contribution in [-0.2, 0) is 4.74 Å². The van der Waals surface area contributed by atoms with Crippen LogP contribution in [0.25, 0.3) is 0 Å². The lowest BCUT2D eigenvalue weighted by Gasteiger charge is -2.10. The monoisotopic (exact) mass is 289 g/mol. The summed E-state index contributed by atoms with van der Waals surface area (Å²) in [5.41, 5.74) is 0.760. The maximum Gasteiger partial charge on any atom is 0.293 e. The van der Waals surface area contributed by atoms with E-state index in [1.807, 2.05) is 0 Å². The van der Waals surface area contributed by atoms with Crippen molar-refractivity contribution in [1.82, 2.24) is 20.5 Å². The minimum atomic E-state index is -0.468. The zero-order valence-electron chi connectivity index (χ0n) is 11.4. The van der Waals surface area contributed by atoms with Crippen LogP contribution in [-0.4, -0.2) is 47.3 Å². The van der Waals surface area contributed by atoms with Gasteiger partial charge in [-0.1, -0.05) is 12.1 Å². The van der Waals surface area contributed by atoms with Gasteiger partial charge in [0.25, 0.3) is 11.8 Å². The largest absolute Gasteiger partial charge is 0.383 e. The number of hydrogen-bond donors (Lipinski definition) is 3. The van der Waals surface area contributed by atoms with Crippen molar-refractivity contribution >= 4 is 17.5 Å². The summed E-state index contributed by atoms with van der Waals surface area (Å²) in [4.78, 5) is 27.7. The number of ether oxygens (including phenoxy) is 1. The highest BCUT2D eigenvalue weighted by molar-refractivity contribution is 6.07. The number of para-hydroxylation sites is 1. The van der Waals surface area contributed by atoms with Gasteiger partial charge in [-0.3, -0.25) is 14.7 Å². The maximum atomic E-state index is 12.1. The van der Waals surface area contributed by atoms with Gasteiger partial charge < -0.3 is 15.4 Å². The molecule has 21 heavy (non-hydrogen) atoms. The molecule has 110 valence electrons. The zero-order valence-corrected chi connectivity index (χ0v) is 11.4. The van der Waals surface area contributed by atoms with Gasteiger partial charge in [0.1, 0.15) is 6.33 Å². The van der Waals surface area contributed by atoms with E-state index in [9.17, 15) is 9.59 Å². The first kappa shape index (κ1) is 14.7. The Labute approximate surface area is 120 Å². The lowest BCUT2D eigenvalue weighted by Crippen LogP contribution is -2.28. The second-order valence-corrected chi connectivity index (χ2v) is 4.08. The Bertz CT molecular complexity index is 612. The number of H-pyrrole nitrogens is 1. The molecule has 0 aliphatic rings. The highest BCUT2D eigenvalue weighted by atomic mass is 16.5. The molecule has 2 aromatic rings. The third-order valence-corrected chi connectivity index (χ3v) is 2.64. The molecule has 3 N–H and O–H groups in total. The highest BCUT2D eigenvalue weighted by Gasteiger charge is 2.15. The van der Waals surface area contributed by atoms with E-state index in [1.54, 1.807) is 31.4 Å². The number of anilines is 1. The number of benzene rings is 1. The number of carbonyl (C=O) groups is 2. The molecule has 2 amide bonds. The van der Waals surface area contributed by atoms with Crippen LogP contribution in [0, 0.1) is 0 Å². The number of hydrogen-bond acceptors (Lipinski definition) is 5. The van der Waals surface area contributed by atoms with Crippen LogP contribution in [0.15, 0.2) is 30.6 Å². The Hall–Kier alpha value is -2.74. The van der Waals surface area contributed by atoms with Gasteiger partial charge in [-0.05, 0) is 12.1 Å². The first-order chi connectivity index (χ1) is 10.2. The van der Waals surface area contributed by atoms with Crippen LogP contribution < -0.4 is 10.6 Å². The van der Waals surface area contributed by atoms with Crippen molar-refractivity contribution in [1.29, 1.82) is 0 Å². The molecule has 0 bridgehead atoms. The molecular formula is C13H15N5O3. The summed E-state index contributed by atoms with van der Waals surface area (Å²) >= 11 is 0.